The van der Waals surface area contributed by atoms with Crippen LogP contribution in [0.3, 0.4) is 0 Å². The van der Waals surface area contributed by atoms with Gasteiger partial charge in [0.15, 0.2) is 18.2 Å². The zero-order chi connectivity index (χ0) is 7.56. The molecule has 0 amide bonds. The first-order valence-corrected chi connectivity index (χ1v) is 3.16. The summed E-state index contributed by atoms with van der Waals surface area (Å²) in [6.07, 6.45) is 3.72. The number of halogens is 1. The lowest BCUT2D eigenvalue weighted by Gasteiger charge is -1.90. The number of aryl methyl sites for hydroxylation is 1. The Morgan fingerprint density at radius 2 is 1.82 bits per heavy atom. The molecule has 1 aromatic rings. The monoisotopic (exact) mass is 264 g/mol. The molecular formula is C8H11INO+. The summed E-state index contributed by atoms with van der Waals surface area (Å²) in [4.78, 5) is 10.7. The van der Waals surface area contributed by atoms with Crippen molar-refractivity contribution in [1.82, 2.24) is 0 Å². The molecule has 0 spiro atoms. The number of aromatic nitrogens is 1. The van der Waals surface area contributed by atoms with Crippen LogP contribution in [-0.2, 0) is 7.05 Å². The van der Waals surface area contributed by atoms with Gasteiger partial charge in [0.2, 0.25) is 0 Å². The number of pyridine rings is 1. The number of carbonyl (C=O) groups is 1. The average molecular weight is 264 g/mol. The molecule has 0 saturated carbocycles. The highest BCUT2D eigenvalue weighted by Gasteiger charge is 1.98. The maximum absolute atomic E-state index is 10.7. The molecule has 1 aromatic heterocycles. The van der Waals surface area contributed by atoms with Gasteiger partial charge in [0.1, 0.15) is 7.05 Å². The predicted molar refractivity (Wildman–Crippen MR) is 53.0 cm³/mol. The third-order valence-corrected chi connectivity index (χ3v) is 1.38. The third kappa shape index (κ3) is 2.96. The van der Waals surface area contributed by atoms with E-state index in [2.05, 4.69) is 0 Å². The summed E-state index contributed by atoms with van der Waals surface area (Å²) in [5.74, 6) is 0.112. The van der Waals surface area contributed by atoms with Crippen LogP contribution in [0.1, 0.15) is 17.3 Å². The largest absolute Gasteiger partial charge is 0.295 e. The fourth-order valence-electron chi connectivity index (χ4n) is 0.736. The number of carbonyl (C=O) groups excluding carboxylic acids is 1. The maximum Gasteiger partial charge on any atom is 0.169 e. The number of Topliss-reactive ketones (excluding diaryl/α,β-unsaturated/α-hetero) is 1. The molecule has 3 heteroatoms. The van der Waals surface area contributed by atoms with Crippen LogP contribution in [0, 0.1) is 0 Å². The summed E-state index contributed by atoms with van der Waals surface area (Å²) < 4.78 is 1.90. The van der Waals surface area contributed by atoms with Crippen LogP contribution < -0.4 is 4.57 Å². The molecule has 0 saturated heterocycles. The lowest BCUT2D eigenvalue weighted by atomic mass is 10.2. The van der Waals surface area contributed by atoms with Crippen molar-refractivity contribution in [3.05, 3.63) is 30.1 Å². The first-order chi connectivity index (χ1) is 4.70. The highest BCUT2D eigenvalue weighted by atomic mass is 127. The molecule has 0 aliphatic rings. The minimum absolute atomic E-state index is 0. The zero-order valence-electron chi connectivity index (χ0n) is 6.57. The molecule has 0 unspecified atom stereocenters. The molecule has 60 valence electrons. The quantitative estimate of drug-likeness (QED) is 0.426. The SMILES string of the molecule is CC(=O)c1cc[n+](C)cc1.I. The van der Waals surface area contributed by atoms with Crippen LogP contribution in [0.2, 0.25) is 0 Å². The van der Waals surface area contributed by atoms with Gasteiger partial charge in [-0.1, -0.05) is 0 Å². The number of nitrogens with zero attached hydrogens (tertiary/aromatic N) is 1. The van der Waals surface area contributed by atoms with E-state index in [1.54, 1.807) is 6.92 Å². The van der Waals surface area contributed by atoms with Gasteiger partial charge in [-0.2, -0.15) is 0 Å². The first kappa shape index (κ1) is 10.6. The van der Waals surface area contributed by atoms with Crippen molar-refractivity contribution in [2.75, 3.05) is 0 Å². The van der Waals surface area contributed by atoms with E-state index in [0.29, 0.717) is 0 Å². The fourth-order valence-corrected chi connectivity index (χ4v) is 0.736. The summed E-state index contributed by atoms with van der Waals surface area (Å²) in [5.41, 5.74) is 0.762. The Bertz CT molecular complexity index is 243. The molecule has 0 bridgehead atoms. The van der Waals surface area contributed by atoms with Crippen molar-refractivity contribution in [2.24, 2.45) is 7.05 Å². The van der Waals surface area contributed by atoms with Crippen LogP contribution in [-0.4, -0.2) is 5.78 Å². The second kappa shape index (κ2) is 4.43. The third-order valence-electron chi connectivity index (χ3n) is 1.38. The summed E-state index contributed by atoms with van der Waals surface area (Å²) in [6, 6.07) is 3.62. The van der Waals surface area contributed by atoms with Gasteiger partial charge in [0.25, 0.3) is 0 Å². The maximum atomic E-state index is 10.7. The smallest absolute Gasteiger partial charge is 0.169 e. The standard InChI is InChI=1S/C8H10NO.HI/c1-7(10)8-3-5-9(2)6-4-8;/h3-6H,1-2H3;1H/q+1;. The fraction of sp³-hybridized carbons (Fsp3) is 0.250. The Morgan fingerprint density at radius 1 is 1.36 bits per heavy atom. The number of hydrogen-bond acceptors (Lipinski definition) is 1. The molecule has 0 aromatic carbocycles. The molecular weight excluding hydrogens is 253 g/mol. The number of ketones is 1. The van der Waals surface area contributed by atoms with E-state index in [9.17, 15) is 4.79 Å². The van der Waals surface area contributed by atoms with E-state index in [1.807, 2.05) is 36.1 Å². The van der Waals surface area contributed by atoms with Gasteiger partial charge in [-0.3, -0.25) is 4.79 Å². The van der Waals surface area contributed by atoms with Crippen LogP contribution in [0.5, 0.6) is 0 Å². The van der Waals surface area contributed by atoms with Crippen molar-refractivity contribution in [1.29, 1.82) is 0 Å². The molecule has 0 aliphatic heterocycles. The Morgan fingerprint density at radius 3 is 2.18 bits per heavy atom. The van der Waals surface area contributed by atoms with Crippen LogP contribution >= 0.6 is 24.0 Å². The summed E-state index contributed by atoms with van der Waals surface area (Å²) in [7, 11) is 1.92. The minimum Gasteiger partial charge on any atom is -0.295 e. The lowest BCUT2D eigenvalue weighted by Crippen LogP contribution is -2.26. The minimum atomic E-state index is 0. The zero-order valence-corrected chi connectivity index (χ0v) is 8.90. The van der Waals surface area contributed by atoms with Gasteiger partial charge >= 0.3 is 0 Å². The molecule has 1 heterocycles. The van der Waals surface area contributed by atoms with Gasteiger partial charge < -0.3 is 0 Å². The summed E-state index contributed by atoms with van der Waals surface area (Å²) in [6.45, 7) is 1.56. The molecule has 2 nitrogen and oxygen atoms in total. The molecule has 1 rings (SSSR count). The summed E-state index contributed by atoms with van der Waals surface area (Å²) in [5, 5.41) is 0. The van der Waals surface area contributed by atoms with Crippen LogP contribution in [0.4, 0.5) is 0 Å². The molecule has 0 N–H and O–H groups in total. The van der Waals surface area contributed by atoms with E-state index in [0.717, 1.165) is 5.56 Å². The van der Waals surface area contributed by atoms with Crippen molar-refractivity contribution >= 4 is 29.8 Å². The van der Waals surface area contributed by atoms with Gasteiger partial charge in [-0.15, -0.1) is 24.0 Å². The molecule has 11 heavy (non-hydrogen) atoms. The van der Waals surface area contributed by atoms with Crippen molar-refractivity contribution in [2.45, 2.75) is 6.92 Å². The van der Waals surface area contributed by atoms with E-state index < -0.39 is 0 Å². The average Bonchev–Trinajstić information content (AvgIpc) is 1.88. The second-order valence-electron chi connectivity index (χ2n) is 2.31. The first-order valence-electron chi connectivity index (χ1n) is 3.16. The van der Waals surface area contributed by atoms with Crippen molar-refractivity contribution < 1.29 is 9.36 Å². The van der Waals surface area contributed by atoms with Crippen LogP contribution in [0.15, 0.2) is 24.5 Å². The Labute approximate surface area is 83.3 Å². The van der Waals surface area contributed by atoms with Gasteiger partial charge in [-0.05, 0) is 6.92 Å². The summed E-state index contributed by atoms with van der Waals surface area (Å²) >= 11 is 0. The van der Waals surface area contributed by atoms with Crippen molar-refractivity contribution in [3.63, 3.8) is 0 Å². The van der Waals surface area contributed by atoms with E-state index in [4.69, 9.17) is 0 Å². The van der Waals surface area contributed by atoms with Gasteiger partial charge in [0, 0.05) is 17.7 Å². The Balaban J connectivity index is 0.000001000. The Kier molecular flexibility index (Phi) is 4.25. The number of hydrogen-bond donors (Lipinski definition) is 0. The second-order valence-corrected chi connectivity index (χ2v) is 2.31. The molecule has 0 aliphatic carbocycles. The van der Waals surface area contributed by atoms with Crippen molar-refractivity contribution in [3.8, 4) is 0 Å². The highest BCUT2D eigenvalue weighted by Crippen LogP contribution is 1.94. The normalized spacial score (nSPS) is 8.55. The molecule has 0 radical (unpaired) electrons. The molecule has 0 fully saturated rings. The Hall–Kier alpha value is -0.450. The van der Waals surface area contributed by atoms with E-state index >= 15 is 0 Å². The lowest BCUT2D eigenvalue weighted by molar-refractivity contribution is -0.671. The topological polar surface area (TPSA) is 20.9 Å². The van der Waals surface area contributed by atoms with E-state index in [1.165, 1.54) is 0 Å². The van der Waals surface area contributed by atoms with E-state index in [-0.39, 0.29) is 29.8 Å². The van der Waals surface area contributed by atoms with Gasteiger partial charge in [-0.25, -0.2) is 4.57 Å². The van der Waals surface area contributed by atoms with Gasteiger partial charge in [0.05, 0.1) is 0 Å². The highest BCUT2D eigenvalue weighted by molar-refractivity contribution is 14.0. The number of rotatable bonds is 1. The predicted octanol–water partition coefficient (Wildman–Crippen LogP) is 1.33. The molecule has 0 atom stereocenters. The van der Waals surface area contributed by atoms with Crippen LogP contribution in [0.25, 0.3) is 0 Å².